The fourth-order valence-electron chi connectivity index (χ4n) is 3.23. The fourth-order valence-corrected chi connectivity index (χ4v) is 3.45. The lowest BCUT2D eigenvalue weighted by Crippen LogP contribution is -2.24. The third kappa shape index (κ3) is 2.74. The molecule has 0 saturated carbocycles. The van der Waals surface area contributed by atoms with Crippen LogP contribution in [-0.2, 0) is 6.54 Å². The summed E-state index contributed by atoms with van der Waals surface area (Å²) in [5.74, 6) is 0.302. The van der Waals surface area contributed by atoms with Crippen LogP contribution in [0.15, 0.2) is 55.0 Å². The Morgan fingerprint density at radius 3 is 2.73 bits per heavy atom. The average molecular weight is 365 g/mol. The van der Waals surface area contributed by atoms with Gasteiger partial charge in [0.05, 0.1) is 34.9 Å². The van der Waals surface area contributed by atoms with E-state index < -0.39 is 0 Å². The van der Waals surface area contributed by atoms with E-state index in [2.05, 4.69) is 14.5 Å². The zero-order valence-corrected chi connectivity index (χ0v) is 14.9. The quantitative estimate of drug-likeness (QED) is 0.374. The number of rotatable bonds is 3. The SMILES string of the molecule is CC(=N)n1c(=N)ccc2c1cc(-c1cnc[nH]1)n2Cc1cccc(Cl)c1. The molecule has 3 N–H and O–H groups in total. The highest BCUT2D eigenvalue weighted by Gasteiger charge is 2.15. The lowest BCUT2D eigenvalue weighted by atomic mass is 10.2. The zero-order chi connectivity index (χ0) is 18.3. The predicted octanol–water partition coefficient (Wildman–Crippen LogP) is 3.86. The number of hydrogen-bond acceptors (Lipinski definition) is 3. The van der Waals surface area contributed by atoms with Crippen LogP contribution in [0.4, 0.5) is 0 Å². The minimum absolute atomic E-state index is 0.279. The van der Waals surface area contributed by atoms with Gasteiger partial charge in [-0.1, -0.05) is 23.7 Å². The molecule has 130 valence electrons. The van der Waals surface area contributed by atoms with Gasteiger partial charge in [-0.2, -0.15) is 0 Å². The molecule has 0 spiro atoms. The van der Waals surface area contributed by atoms with Crippen molar-refractivity contribution in [3.63, 3.8) is 0 Å². The molecule has 0 saturated heterocycles. The second-order valence-corrected chi connectivity index (χ2v) is 6.56. The highest BCUT2D eigenvalue weighted by Crippen LogP contribution is 2.27. The van der Waals surface area contributed by atoms with E-state index in [4.69, 9.17) is 22.4 Å². The number of halogens is 1. The van der Waals surface area contributed by atoms with Crippen molar-refractivity contribution < 1.29 is 0 Å². The Morgan fingerprint density at radius 2 is 2.04 bits per heavy atom. The third-order valence-corrected chi connectivity index (χ3v) is 4.57. The van der Waals surface area contributed by atoms with Crippen LogP contribution in [0.1, 0.15) is 12.5 Å². The maximum absolute atomic E-state index is 8.16. The van der Waals surface area contributed by atoms with Crippen molar-refractivity contribution in [3.05, 3.63) is 71.1 Å². The van der Waals surface area contributed by atoms with Crippen LogP contribution in [-0.4, -0.2) is 24.9 Å². The summed E-state index contributed by atoms with van der Waals surface area (Å²) in [4.78, 5) is 7.28. The van der Waals surface area contributed by atoms with Crippen molar-refractivity contribution in [1.82, 2.24) is 19.1 Å². The number of aromatic nitrogens is 4. The molecule has 26 heavy (non-hydrogen) atoms. The molecule has 0 unspecified atom stereocenters. The molecule has 1 aromatic carbocycles. The highest BCUT2D eigenvalue weighted by atomic mass is 35.5. The minimum atomic E-state index is 0.279. The van der Waals surface area contributed by atoms with Crippen LogP contribution in [0.25, 0.3) is 22.4 Å². The van der Waals surface area contributed by atoms with Crippen LogP contribution in [0.5, 0.6) is 0 Å². The molecule has 0 radical (unpaired) electrons. The Bertz CT molecular complexity index is 1170. The molecule has 0 amide bonds. The van der Waals surface area contributed by atoms with Gasteiger partial charge in [0, 0.05) is 11.6 Å². The standard InChI is InChI=1S/C19H17ClN6/c1-12(21)26-18-8-17(15-9-23-11-24-15)25(16(18)5-6-19(26)22)10-13-3-2-4-14(20)7-13/h2-9,11,21-22H,10H2,1H3,(H,23,24). The molecule has 0 aliphatic rings. The number of benzene rings is 1. The summed E-state index contributed by atoms with van der Waals surface area (Å²) in [6.07, 6.45) is 3.41. The molecular formula is C19H17ClN6. The van der Waals surface area contributed by atoms with Gasteiger partial charge in [0.1, 0.15) is 11.3 Å². The van der Waals surface area contributed by atoms with Crippen molar-refractivity contribution in [2.75, 3.05) is 0 Å². The minimum Gasteiger partial charge on any atom is -0.343 e. The first-order chi connectivity index (χ1) is 12.5. The number of nitrogens with zero attached hydrogens (tertiary/aromatic N) is 3. The molecule has 0 bridgehead atoms. The third-order valence-electron chi connectivity index (χ3n) is 4.34. The van der Waals surface area contributed by atoms with E-state index in [-0.39, 0.29) is 5.49 Å². The first kappa shape index (κ1) is 16.4. The lowest BCUT2D eigenvalue weighted by molar-refractivity contribution is 0.840. The molecule has 0 aliphatic carbocycles. The maximum Gasteiger partial charge on any atom is 0.130 e. The van der Waals surface area contributed by atoms with E-state index in [1.807, 2.05) is 36.4 Å². The number of hydrogen-bond donors (Lipinski definition) is 3. The van der Waals surface area contributed by atoms with E-state index >= 15 is 0 Å². The Hall–Kier alpha value is -3.12. The van der Waals surface area contributed by atoms with Gasteiger partial charge < -0.3 is 9.55 Å². The van der Waals surface area contributed by atoms with Gasteiger partial charge in [0.25, 0.3) is 0 Å². The van der Waals surface area contributed by atoms with Gasteiger partial charge >= 0.3 is 0 Å². The maximum atomic E-state index is 8.16. The molecule has 6 nitrogen and oxygen atoms in total. The second-order valence-electron chi connectivity index (χ2n) is 6.12. The first-order valence-corrected chi connectivity index (χ1v) is 8.51. The van der Waals surface area contributed by atoms with E-state index in [0.717, 1.165) is 28.0 Å². The summed E-state index contributed by atoms with van der Waals surface area (Å²) in [6.45, 7) is 2.30. The lowest BCUT2D eigenvalue weighted by Gasteiger charge is -2.11. The second kappa shape index (κ2) is 6.31. The summed E-state index contributed by atoms with van der Waals surface area (Å²) in [6, 6.07) is 13.4. The zero-order valence-electron chi connectivity index (χ0n) is 14.1. The molecule has 3 aromatic heterocycles. The van der Waals surface area contributed by atoms with Crippen LogP contribution in [0.2, 0.25) is 5.02 Å². The molecule has 0 fully saturated rings. The van der Waals surface area contributed by atoms with Crippen molar-refractivity contribution in [3.8, 4) is 11.4 Å². The molecule has 4 aromatic rings. The molecule has 0 atom stereocenters. The van der Waals surface area contributed by atoms with Gasteiger partial charge in [0.15, 0.2) is 0 Å². The molecular weight excluding hydrogens is 348 g/mol. The van der Waals surface area contributed by atoms with Crippen molar-refractivity contribution in [2.45, 2.75) is 13.5 Å². The summed E-state index contributed by atoms with van der Waals surface area (Å²) >= 11 is 6.15. The fraction of sp³-hybridized carbons (Fsp3) is 0.105. The first-order valence-electron chi connectivity index (χ1n) is 8.13. The number of nitrogens with one attached hydrogen (secondary N) is 3. The van der Waals surface area contributed by atoms with Crippen molar-refractivity contribution in [2.24, 2.45) is 0 Å². The van der Waals surface area contributed by atoms with Crippen molar-refractivity contribution >= 4 is 28.5 Å². The van der Waals surface area contributed by atoms with Crippen LogP contribution >= 0.6 is 11.6 Å². The van der Waals surface area contributed by atoms with E-state index in [1.54, 1.807) is 30.1 Å². The molecule has 4 rings (SSSR count). The highest BCUT2D eigenvalue weighted by molar-refractivity contribution is 6.30. The number of pyridine rings is 1. The van der Waals surface area contributed by atoms with E-state index in [1.165, 1.54) is 0 Å². The van der Waals surface area contributed by atoms with E-state index in [9.17, 15) is 0 Å². The average Bonchev–Trinajstić information content (AvgIpc) is 3.22. The van der Waals surface area contributed by atoms with Gasteiger partial charge in [0.2, 0.25) is 0 Å². The summed E-state index contributed by atoms with van der Waals surface area (Å²) in [5.41, 5.74) is 4.93. The Balaban J connectivity index is 2.00. The topological polar surface area (TPSA) is 86.2 Å². The Labute approximate surface area is 154 Å². The van der Waals surface area contributed by atoms with Gasteiger partial charge in [-0.25, -0.2) is 4.98 Å². The summed E-state index contributed by atoms with van der Waals surface area (Å²) < 4.78 is 3.77. The predicted molar refractivity (Wildman–Crippen MR) is 103 cm³/mol. The van der Waals surface area contributed by atoms with Crippen LogP contribution in [0.3, 0.4) is 0 Å². The smallest absolute Gasteiger partial charge is 0.130 e. The summed E-state index contributed by atoms with van der Waals surface area (Å²) in [5, 5.41) is 16.9. The Kier molecular flexibility index (Phi) is 3.97. The van der Waals surface area contributed by atoms with Crippen molar-refractivity contribution in [1.29, 1.82) is 10.8 Å². The van der Waals surface area contributed by atoms with Gasteiger partial charge in [-0.3, -0.25) is 15.4 Å². The number of fused-ring (bicyclic) bond motifs is 1. The monoisotopic (exact) mass is 364 g/mol. The van der Waals surface area contributed by atoms with Crippen LogP contribution in [0, 0.1) is 10.8 Å². The largest absolute Gasteiger partial charge is 0.343 e. The van der Waals surface area contributed by atoms with Gasteiger partial charge in [-0.15, -0.1) is 0 Å². The normalized spacial score (nSPS) is 11.2. The Morgan fingerprint density at radius 1 is 1.19 bits per heavy atom. The number of H-pyrrole nitrogens is 1. The number of imidazole rings is 1. The molecule has 3 heterocycles. The van der Waals surface area contributed by atoms with Gasteiger partial charge in [-0.05, 0) is 42.8 Å². The summed E-state index contributed by atoms with van der Waals surface area (Å²) in [7, 11) is 0. The van der Waals surface area contributed by atoms with Crippen LogP contribution < -0.4 is 5.49 Å². The molecule has 0 aliphatic heterocycles. The molecule has 7 heteroatoms. The number of aromatic amines is 1. The van der Waals surface area contributed by atoms with E-state index in [0.29, 0.717) is 17.4 Å².